The topological polar surface area (TPSA) is 71.5 Å². The third kappa shape index (κ3) is 3.30. The number of carbonyl (C=O) groups is 1. The van der Waals surface area contributed by atoms with Crippen molar-refractivity contribution in [1.29, 1.82) is 0 Å². The quantitative estimate of drug-likeness (QED) is 0.766. The van der Waals surface area contributed by atoms with Gasteiger partial charge in [-0.2, -0.15) is 0 Å². The van der Waals surface area contributed by atoms with E-state index >= 15 is 0 Å². The van der Waals surface area contributed by atoms with Gasteiger partial charge in [0, 0.05) is 23.6 Å². The maximum absolute atomic E-state index is 11.1. The van der Waals surface area contributed by atoms with Crippen molar-refractivity contribution in [2.45, 2.75) is 20.5 Å². The van der Waals surface area contributed by atoms with Crippen LogP contribution in [0, 0.1) is 6.92 Å². The highest BCUT2D eigenvalue weighted by Gasteiger charge is 2.11. The second-order valence-corrected chi connectivity index (χ2v) is 5.55. The van der Waals surface area contributed by atoms with Crippen molar-refractivity contribution in [2.75, 3.05) is 5.32 Å². The molecule has 0 atom stereocenters. The highest BCUT2D eigenvalue weighted by atomic mass is 16.5. The number of phenolic OH excluding ortho intramolecular Hbond substituents is 1. The molecule has 1 heterocycles. The number of amides is 1. The molecule has 0 unspecified atom stereocenters. The number of pyridine rings is 1. The molecule has 0 aliphatic rings. The number of phenols is 1. The summed E-state index contributed by atoms with van der Waals surface area (Å²) in [5.74, 6) is 0.185. The number of para-hydroxylation sites is 1. The maximum atomic E-state index is 11.1. The Hall–Kier alpha value is -3.08. The van der Waals surface area contributed by atoms with Gasteiger partial charge in [-0.25, -0.2) is 4.98 Å². The zero-order valence-electron chi connectivity index (χ0n) is 13.5. The predicted octanol–water partition coefficient (Wildman–Crippen LogP) is 3.79. The number of aromatic hydroxyl groups is 1. The number of fused-ring (bicyclic) bond motifs is 1. The largest absolute Gasteiger partial charge is 0.504 e. The standard InChI is InChI=1S/C19H18N2O3/c1-12-16(20-13(2)22)9-10-18(19(12)23)24-11-15-8-7-14-5-3-4-6-17(14)21-15/h3-10,23H,11H2,1-2H3,(H,20,22). The van der Waals surface area contributed by atoms with Gasteiger partial charge in [-0.1, -0.05) is 24.3 Å². The first-order valence-electron chi connectivity index (χ1n) is 7.62. The molecule has 3 rings (SSSR count). The fraction of sp³-hybridized carbons (Fsp3) is 0.158. The van der Waals surface area contributed by atoms with Gasteiger partial charge in [0.15, 0.2) is 11.5 Å². The first-order chi connectivity index (χ1) is 11.5. The lowest BCUT2D eigenvalue weighted by Gasteiger charge is -2.13. The Bertz CT molecular complexity index is 906. The molecule has 0 spiro atoms. The molecule has 24 heavy (non-hydrogen) atoms. The number of nitrogens with one attached hydrogen (secondary N) is 1. The van der Waals surface area contributed by atoms with Crippen LogP contribution in [0.15, 0.2) is 48.5 Å². The molecular formula is C19H18N2O3. The van der Waals surface area contributed by atoms with Crippen LogP contribution in [-0.4, -0.2) is 16.0 Å². The Balaban J connectivity index is 1.78. The third-order valence-electron chi connectivity index (χ3n) is 3.74. The van der Waals surface area contributed by atoms with Crippen molar-refractivity contribution >= 4 is 22.5 Å². The van der Waals surface area contributed by atoms with Gasteiger partial charge in [0.25, 0.3) is 0 Å². The van der Waals surface area contributed by atoms with Gasteiger partial charge in [-0.05, 0) is 31.2 Å². The van der Waals surface area contributed by atoms with Crippen LogP contribution in [0.25, 0.3) is 10.9 Å². The first kappa shape index (κ1) is 15.8. The van der Waals surface area contributed by atoms with Crippen LogP contribution < -0.4 is 10.1 Å². The Morgan fingerprint density at radius 1 is 1.17 bits per heavy atom. The Morgan fingerprint density at radius 3 is 2.75 bits per heavy atom. The summed E-state index contributed by atoms with van der Waals surface area (Å²) in [5.41, 5.74) is 2.81. The molecular weight excluding hydrogens is 304 g/mol. The molecule has 122 valence electrons. The molecule has 5 heteroatoms. The van der Waals surface area contributed by atoms with Crippen LogP contribution in [0.3, 0.4) is 0 Å². The van der Waals surface area contributed by atoms with Gasteiger partial charge >= 0.3 is 0 Å². The molecule has 3 aromatic rings. The Morgan fingerprint density at radius 2 is 1.96 bits per heavy atom. The van der Waals surface area contributed by atoms with Crippen LogP contribution >= 0.6 is 0 Å². The lowest BCUT2D eigenvalue weighted by molar-refractivity contribution is -0.114. The second kappa shape index (κ2) is 6.58. The number of hydrogen-bond acceptors (Lipinski definition) is 4. The monoisotopic (exact) mass is 322 g/mol. The van der Waals surface area contributed by atoms with Crippen LogP contribution in [0.4, 0.5) is 5.69 Å². The van der Waals surface area contributed by atoms with Gasteiger partial charge in [0.2, 0.25) is 5.91 Å². The first-order valence-corrected chi connectivity index (χ1v) is 7.62. The molecule has 1 amide bonds. The van der Waals surface area contributed by atoms with Crippen LogP contribution in [0.1, 0.15) is 18.2 Å². The van der Waals surface area contributed by atoms with E-state index in [2.05, 4.69) is 10.3 Å². The number of aromatic nitrogens is 1. The fourth-order valence-corrected chi connectivity index (χ4v) is 2.46. The fourth-order valence-electron chi connectivity index (χ4n) is 2.46. The van der Waals surface area contributed by atoms with E-state index in [0.29, 0.717) is 17.0 Å². The minimum atomic E-state index is -0.188. The Labute approximate surface area is 139 Å². The minimum Gasteiger partial charge on any atom is -0.504 e. The minimum absolute atomic E-state index is 0.0158. The molecule has 2 aromatic carbocycles. The van der Waals surface area contributed by atoms with Crippen molar-refractivity contribution in [2.24, 2.45) is 0 Å². The number of anilines is 1. The number of carbonyl (C=O) groups excluding carboxylic acids is 1. The molecule has 5 nitrogen and oxygen atoms in total. The van der Waals surface area contributed by atoms with Gasteiger partial charge in [-0.15, -0.1) is 0 Å². The van der Waals surface area contributed by atoms with E-state index in [4.69, 9.17) is 4.74 Å². The van der Waals surface area contributed by atoms with E-state index in [1.54, 1.807) is 19.1 Å². The smallest absolute Gasteiger partial charge is 0.221 e. The van der Waals surface area contributed by atoms with E-state index in [-0.39, 0.29) is 18.3 Å². The summed E-state index contributed by atoms with van der Waals surface area (Å²) >= 11 is 0. The van der Waals surface area contributed by atoms with Crippen LogP contribution in [-0.2, 0) is 11.4 Å². The third-order valence-corrected chi connectivity index (χ3v) is 3.74. The van der Waals surface area contributed by atoms with E-state index in [1.807, 2.05) is 36.4 Å². The zero-order valence-corrected chi connectivity index (χ0v) is 13.5. The summed E-state index contributed by atoms with van der Waals surface area (Å²) < 4.78 is 5.69. The molecule has 0 aliphatic heterocycles. The van der Waals surface area contributed by atoms with Crippen molar-refractivity contribution in [3.63, 3.8) is 0 Å². The molecule has 0 bridgehead atoms. The number of ether oxygens (including phenoxy) is 1. The lowest BCUT2D eigenvalue weighted by atomic mass is 10.1. The normalized spacial score (nSPS) is 10.6. The van der Waals surface area contributed by atoms with Gasteiger partial charge in [-0.3, -0.25) is 4.79 Å². The summed E-state index contributed by atoms with van der Waals surface area (Å²) in [6, 6.07) is 15.1. The summed E-state index contributed by atoms with van der Waals surface area (Å²) in [4.78, 5) is 15.7. The SMILES string of the molecule is CC(=O)Nc1ccc(OCc2ccc3ccccc3n2)c(O)c1C. The average Bonchev–Trinajstić information content (AvgIpc) is 2.58. The van der Waals surface area contributed by atoms with Crippen molar-refractivity contribution in [1.82, 2.24) is 4.98 Å². The van der Waals surface area contributed by atoms with Crippen molar-refractivity contribution in [3.8, 4) is 11.5 Å². The van der Waals surface area contributed by atoms with E-state index < -0.39 is 0 Å². The van der Waals surface area contributed by atoms with E-state index in [0.717, 1.165) is 16.6 Å². The summed E-state index contributed by atoms with van der Waals surface area (Å²) in [7, 11) is 0. The molecule has 0 radical (unpaired) electrons. The van der Waals surface area contributed by atoms with Crippen molar-refractivity contribution in [3.05, 3.63) is 59.8 Å². The van der Waals surface area contributed by atoms with Crippen LogP contribution in [0.2, 0.25) is 0 Å². The Kier molecular flexibility index (Phi) is 4.33. The highest BCUT2D eigenvalue weighted by molar-refractivity contribution is 5.90. The average molecular weight is 322 g/mol. The van der Waals surface area contributed by atoms with Crippen LogP contribution in [0.5, 0.6) is 11.5 Å². The number of hydrogen-bond donors (Lipinski definition) is 2. The maximum Gasteiger partial charge on any atom is 0.221 e. The molecule has 0 fully saturated rings. The van der Waals surface area contributed by atoms with Gasteiger partial charge in [0.1, 0.15) is 6.61 Å². The summed E-state index contributed by atoms with van der Waals surface area (Å²) in [6.45, 7) is 3.39. The molecule has 0 saturated carbocycles. The van der Waals surface area contributed by atoms with Gasteiger partial charge < -0.3 is 15.2 Å². The lowest BCUT2D eigenvalue weighted by Crippen LogP contribution is -2.07. The van der Waals surface area contributed by atoms with E-state index in [9.17, 15) is 9.90 Å². The summed E-state index contributed by atoms with van der Waals surface area (Å²) in [6.07, 6.45) is 0. The predicted molar refractivity (Wildman–Crippen MR) is 93.2 cm³/mol. The number of nitrogens with zero attached hydrogens (tertiary/aromatic N) is 1. The van der Waals surface area contributed by atoms with Crippen molar-refractivity contribution < 1.29 is 14.6 Å². The van der Waals surface area contributed by atoms with E-state index in [1.165, 1.54) is 6.92 Å². The molecule has 0 aliphatic carbocycles. The number of benzene rings is 2. The second-order valence-electron chi connectivity index (χ2n) is 5.55. The molecule has 2 N–H and O–H groups in total. The number of rotatable bonds is 4. The summed E-state index contributed by atoms with van der Waals surface area (Å²) in [5, 5.41) is 14.0. The molecule has 1 aromatic heterocycles. The molecule has 0 saturated heterocycles. The van der Waals surface area contributed by atoms with Gasteiger partial charge in [0.05, 0.1) is 11.2 Å². The zero-order chi connectivity index (χ0) is 17.1. The highest BCUT2D eigenvalue weighted by Crippen LogP contribution is 2.35.